The van der Waals surface area contributed by atoms with Crippen LogP contribution in [0.5, 0.6) is 0 Å². The molecule has 1 N–H and O–H groups in total. The molecule has 4 heteroatoms. The van der Waals surface area contributed by atoms with Gasteiger partial charge >= 0.3 is 0 Å². The number of nitrogens with one attached hydrogen (secondary N) is 1. The molecular weight excluding hydrogens is 250 g/mol. The summed E-state index contributed by atoms with van der Waals surface area (Å²) in [5.41, 5.74) is -0.333. The van der Waals surface area contributed by atoms with Gasteiger partial charge in [-0.2, -0.15) is 5.26 Å². The summed E-state index contributed by atoms with van der Waals surface area (Å²) in [6.07, 6.45) is 5.96. The van der Waals surface area contributed by atoms with E-state index in [4.69, 9.17) is 4.74 Å². The Morgan fingerprint density at radius 3 is 2.60 bits per heavy atom. The van der Waals surface area contributed by atoms with E-state index in [0.717, 1.165) is 39.0 Å². The van der Waals surface area contributed by atoms with Crippen LogP contribution < -0.4 is 5.32 Å². The molecule has 0 aliphatic heterocycles. The lowest BCUT2D eigenvalue weighted by Gasteiger charge is -2.24. The van der Waals surface area contributed by atoms with Gasteiger partial charge in [0.15, 0.2) is 0 Å². The third-order valence-electron chi connectivity index (χ3n) is 3.74. The standard InChI is InChI=1S/C16H31N3O/c1-14(2)20-12-11-19(4)10-6-5-9-16(3,13-17)18-15-7-8-15/h14-15,18H,5-12H2,1-4H3. The van der Waals surface area contributed by atoms with Crippen molar-refractivity contribution in [1.29, 1.82) is 5.26 Å². The maximum absolute atomic E-state index is 9.30. The fourth-order valence-electron chi connectivity index (χ4n) is 2.25. The van der Waals surface area contributed by atoms with Crippen molar-refractivity contribution >= 4 is 0 Å². The van der Waals surface area contributed by atoms with Crippen molar-refractivity contribution in [2.75, 3.05) is 26.7 Å². The topological polar surface area (TPSA) is 48.3 Å². The Morgan fingerprint density at radius 1 is 1.35 bits per heavy atom. The van der Waals surface area contributed by atoms with Crippen molar-refractivity contribution in [2.24, 2.45) is 0 Å². The average molecular weight is 281 g/mol. The molecule has 0 aromatic rings. The van der Waals surface area contributed by atoms with E-state index in [1.165, 1.54) is 12.8 Å². The van der Waals surface area contributed by atoms with Crippen LogP contribution in [0.25, 0.3) is 0 Å². The molecule has 0 saturated heterocycles. The molecule has 1 saturated carbocycles. The minimum Gasteiger partial charge on any atom is -0.377 e. The molecule has 1 fully saturated rings. The normalized spacial score (nSPS) is 18.2. The van der Waals surface area contributed by atoms with E-state index in [9.17, 15) is 5.26 Å². The van der Waals surface area contributed by atoms with Gasteiger partial charge in [0, 0.05) is 12.6 Å². The van der Waals surface area contributed by atoms with Crippen molar-refractivity contribution in [3.8, 4) is 6.07 Å². The summed E-state index contributed by atoms with van der Waals surface area (Å²) >= 11 is 0. The van der Waals surface area contributed by atoms with Gasteiger partial charge in [-0.05, 0) is 66.5 Å². The highest BCUT2D eigenvalue weighted by atomic mass is 16.5. The van der Waals surface area contributed by atoms with Crippen LogP contribution in [0.3, 0.4) is 0 Å². The highest BCUT2D eigenvalue weighted by molar-refractivity contribution is 5.06. The van der Waals surface area contributed by atoms with E-state index in [0.29, 0.717) is 12.1 Å². The summed E-state index contributed by atoms with van der Waals surface area (Å²) in [5.74, 6) is 0. The smallest absolute Gasteiger partial charge is 0.104 e. The molecule has 0 radical (unpaired) electrons. The third kappa shape index (κ3) is 7.84. The Kier molecular flexibility index (Phi) is 7.50. The molecule has 1 aliphatic carbocycles. The number of unbranched alkanes of at least 4 members (excludes halogenated alkanes) is 1. The van der Waals surface area contributed by atoms with Gasteiger partial charge < -0.3 is 9.64 Å². The van der Waals surface area contributed by atoms with Gasteiger partial charge in [-0.3, -0.25) is 5.32 Å². The van der Waals surface area contributed by atoms with Crippen molar-refractivity contribution in [2.45, 2.75) is 70.6 Å². The lowest BCUT2D eigenvalue weighted by molar-refractivity contribution is 0.0635. The Morgan fingerprint density at radius 2 is 2.05 bits per heavy atom. The molecule has 0 heterocycles. The summed E-state index contributed by atoms with van der Waals surface area (Å²) in [6, 6.07) is 3.03. The lowest BCUT2D eigenvalue weighted by atomic mass is 9.96. The monoisotopic (exact) mass is 281 g/mol. The second-order valence-corrected chi connectivity index (χ2v) is 6.54. The Balaban J connectivity index is 2.06. The number of rotatable bonds is 11. The molecule has 20 heavy (non-hydrogen) atoms. The highest BCUT2D eigenvalue weighted by Crippen LogP contribution is 2.24. The zero-order valence-electron chi connectivity index (χ0n) is 13.6. The summed E-state index contributed by atoms with van der Waals surface area (Å²) in [5, 5.41) is 12.8. The van der Waals surface area contributed by atoms with E-state index in [-0.39, 0.29) is 5.54 Å². The first-order valence-corrected chi connectivity index (χ1v) is 7.94. The molecule has 1 rings (SSSR count). The predicted octanol–water partition coefficient (Wildman–Crippen LogP) is 2.55. The van der Waals surface area contributed by atoms with Crippen LogP contribution in [0.1, 0.15) is 52.9 Å². The van der Waals surface area contributed by atoms with Crippen molar-refractivity contribution in [1.82, 2.24) is 10.2 Å². The first-order chi connectivity index (χ1) is 9.45. The first kappa shape index (κ1) is 17.4. The van der Waals surface area contributed by atoms with Gasteiger partial charge in [0.2, 0.25) is 0 Å². The van der Waals surface area contributed by atoms with E-state index in [2.05, 4.69) is 37.2 Å². The maximum atomic E-state index is 9.30. The minimum absolute atomic E-state index is 0.313. The average Bonchev–Trinajstić information content (AvgIpc) is 3.18. The second kappa shape index (κ2) is 8.61. The van der Waals surface area contributed by atoms with Crippen LogP contribution in [0.2, 0.25) is 0 Å². The molecule has 0 bridgehead atoms. The molecule has 4 nitrogen and oxygen atoms in total. The molecule has 0 amide bonds. The molecular formula is C16H31N3O. The fourth-order valence-corrected chi connectivity index (χ4v) is 2.25. The largest absolute Gasteiger partial charge is 0.377 e. The van der Waals surface area contributed by atoms with Gasteiger partial charge in [0.25, 0.3) is 0 Å². The lowest BCUT2D eigenvalue weighted by Crippen LogP contribution is -2.42. The van der Waals surface area contributed by atoms with Crippen LogP contribution in [-0.2, 0) is 4.74 Å². The summed E-state index contributed by atoms with van der Waals surface area (Å²) < 4.78 is 5.55. The molecule has 1 aliphatic rings. The van der Waals surface area contributed by atoms with Gasteiger partial charge in [-0.1, -0.05) is 0 Å². The van der Waals surface area contributed by atoms with Crippen LogP contribution in [0, 0.1) is 11.3 Å². The van der Waals surface area contributed by atoms with Crippen LogP contribution >= 0.6 is 0 Å². The van der Waals surface area contributed by atoms with E-state index < -0.39 is 0 Å². The molecule has 0 aromatic heterocycles. The Hall–Kier alpha value is -0.630. The van der Waals surface area contributed by atoms with Crippen LogP contribution in [0.4, 0.5) is 0 Å². The zero-order valence-corrected chi connectivity index (χ0v) is 13.6. The molecule has 0 spiro atoms. The number of likely N-dealkylation sites (N-methyl/N-ethyl adjacent to an activating group) is 1. The van der Waals surface area contributed by atoms with Crippen LogP contribution in [0.15, 0.2) is 0 Å². The van der Waals surface area contributed by atoms with Gasteiger partial charge in [-0.15, -0.1) is 0 Å². The van der Waals surface area contributed by atoms with E-state index in [1.54, 1.807) is 0 Å². The number of ether oxygens (including phenoxy) is 1. The number of nitrogens with zero attached hydrogens (tertiary/aromatic N) is 2. The van der Waals surface area contributed by atoms with Crippen LogP contribution in [-0.4, -0.2) is 49.3 Å². The molecule has 116 valence electrons. The molecule has 1 unspecified atom stereocenters. The SMILES string of the molecule is CC(C)OCCN(C)CCCCC(C)(C#N)NC1CC1. The van der Waals surface area contributed by atoms with Gasteiger partial charge in [0.05, 0.1) is 18.8 Å². The summed E-state index contributed by atoms with van der Waals surface area (Å²) in [4.78, 5) is 2.31. The minimum atomic E-state index is -0.333. The molecule has 0 aromatic carbocycles. The summed E-state index contributed by atoms with van der Waals surface area (Å²) in [6.45, 7) is 9.02. The zero-order chi connectivity index (χ0) is 15.0. The quantitative estimate of drug-likeness (QED) is 0.591. The van der Waals surface area contributed by atoms with E-state index >= 15 is 0 Å². The first-order valence-electron chi connectivity index (χ1n) is 7.94. The molecule has 1 atom stereocenters. The highest BCUT2D eigenvalue weighted by Gasteiger charge is 2.31. The number of nitriles is 1. The predicted molar refractivity (Wildman–Crippen MR) is 82.6 cm³/mol. The van der Waals surface area contributed by atoms with E-state index in [1.807, 2.05) is 6.92 Å². The van der Waals surface area contributed by atoms with Crippen molar-refractivity contribution in [3.63, 3.8) is 0 Å². The third-order valence-corrected chi connectivity index (χ3v) is 3.74. The fraction of sp³-hybridized carbons (Fsp3) is 0.938. The Bertz CT molecular complexity index is 309. The Labute approximate surface area is 124 Å². The van der Waals surface area contributed by atoms with Crippen molar-refractivity contribution < 1.29 is 4.74 Å². The van der Waals surface area contributed by atoms with Crippen molar-refractivity contribution in [3.05, 3.63) is 0 Å². The summed E-state index contributed by atoms with van der Waals surface area (Å²) in [7, 11) is 2.13. The van der Waals surface area contributed by atoms with Gasteiger partial charge in [0.1, 0.15) is 5.54 Å². The maximum Gasteiger partial charge on any atom is 0.104 e. The second-order valence-electron chi connectivity index (χ2n) is 6.54. The number of hydrogen-bond acceptors (Lipinski definition) is 4. The van der Waals surface area contributed by atoms with Gasteiger partial charge in [-0.25, -0.2) is 0 Å². The number of hydrogen-bond donors (Lipinski definition) is 1.